The molecule has 4 aromatic rings. The van der Waals surface area contributed by atoms with Crippen molar-refractivity contribution in [3.63, 3.8) is 0 Å². The summed E-state index contributed by atoms with van der Waals surface area (Å²) in [6.07, 6.45) is 0. The predicted octanol–water partition coefficient (Wildman–Crippen LogP) is 2.85. The number of carbonyl (C=O) groups excluding carboxylic acids is 2. The number of amides is 2. The Morgan fingerprint density at radius 3 is 2.67 bits per heavy atom. The van der Waals surface area contributed by atoms with Gasteiger partial charge in [-0.15, -0.1) is 0 Å². The number of benzene rings is 1. The van der Waals surface area contributed by atoms with Crippen LogP contribution >= 0.6 is 0 Å². The number of nitrogens with zero attached hydrogens (tertiary/aromatic N) is 5. The van der Waals surface area contributed by atoms with Crippen LogP contribution in [0.15, 0.2) is 42.5 Å². The SMILES string of the molecule is Cc1nn(Cc2cccc(C#N)n2)c(C)c1NC(=O)c1cc(C(N)=O)nc2cccc(F)c12. The Labute approximate surface area is 187 Å². The molecule has 9 nitrogen and oxygen atoms in total. The summed E-state index contributed by atoms with van der Waals surface area (Å²) in [5.74, 6) is -2.11. The molecule has 0 saturated carbocycles. The standard InChI is InChI=1S/C23H18FN7O2/c1-12-21(13(2)31(30-12)11-15-6-3-5-14(10-25)27-15)29-23(33)16-9-19(22(26)32)28-18-8-4-7-17(24)20(16)18/h3-9H,11H2,1-2H3,(H2,26,32)(H,29,33). The van der Waals surface area contributed by atoms with Crippen molar-refractivity contribution in [1.29, 1.82) is 5.26 Å². The quantitative estimate of drug-likeness (QED) is 0.486. The molecule has 1 aromatic carbocycles. The first-order valence-corrected chi connectivity index (χ1v) is 9.89. The summed E-state index contributed by atoms with van der Waals surface area (Å²) in [6.45, 7) is 3.78. The lowest BCUT2D eigenvalue weighted by atomic mass is 10.1. The van der Waals surface area contributed by atoms with Crippen LogP contribution in [0.3, 0.4) is 0 Å². The number of carbonyl (C=O) groups is 2. The highest BCUT2D eigenvalue weighted by molar-refractivity contribution is 6.14. The molecule has 2 amide bonds. The topological polar surface area (TPSA) is 140 Å². The first kappa shape index (κ1) is 21.6. The van der Waals surface area contributed by atoms with Gasteiger partial charge in [0.25, 0.3) is 11.8 Å². The van der Waals surface area contributed by atoms with Crippen molar-refractivity contribution in [3.05, 3.63) is 82.3 Å². The number of pyridine rings is 2. The molecule has 4 rings (SSSR count). The number of anilines is 1. The third-order valence-corrected chi connectivity index (χ3v) is 5.13. The number of nitriles is 1. The number of hydrogen-bond acceptors (Lipinski definition) is 6. The Hall–Kier alpha value is -4.65. The van der Waals surface area contributed by atoms with Crippen LogP contribution in [-0.2, 0) is 6.54 Å². The molecule has 10 heteroatoms. The zero-order valence-corrected chi connectivity index (χ0v) is 17.8. The van der Waals surface area contributed by atoms with Gasteiger partial charge in [-0.1, -0.05) is 12.1 Å². The number of rotatable bonds is 5. The minimum Gasteiger partial charge on any atom is -0.364 e. The van der Waals surface area contributed by atoms with Crippen molar-refractivity contribution in [1.82, 2.24) is 19.7 Å². The summed E-state index contributed by atoms with van der Waals surface area (Å²) in [7, 11) is 0. The van der Waals surface area contributed by atoms with E-state index in [1.165, 1.54) is 24.3 Å². The molecule has 0 unspecified atom stereocenters. The Kier molecular flexibility index (Phi) is 5.54. The zero-order valence-electron chi connectivity index (χ0n) is 17.8. The van der Waals surface area contributed by atoms with E-state index in [2.05, 4.69) is 20.4 Å². The fourth-order valence-electron chi connectivity index (χ4n) is 3.54. The van der Waals surface area contributed by atoms with Crippen LogP contribution in [0.2, 0.25) is 0 Å². The number of nitrogens with two attached hydrogens (primary N) is 1. The van der Waals surface area contributed by atoms with E-state index in [0.717, 1.165) is 0 Å². The van der Waals surface area contributed by atoms with Crippen LogP contribution in [-0.4, -0.2) is 31.6 Å². The van der Waals surface area contributed by atoms with Crippen molar-refractivity contribution in [2.24, 2.45) is 5.73 Å². The summed E-state index contributed by atoms with van der Waals surface area (Å²) in [6, 6.07) is 12.4. The molecule has 0 fully saturated rings. The number of fused-ring (bicyclic) bond motifs is 1. The van der Waals surface area contributed by atoms with Crippen LogP contribution < -0.4 is 11.1 Å². The van der Waals surface area contributed by atoms with E-state index in [9.17, 15) is 14.0 Å². The summed E-state index contributed by atoms with van der Waals surface area (Å²) in [5.41, 5.74) is 7.81. The molecule has 0 bridgehead atoms. The summed E-state index contributed by atoms with van der Waals surface area (Å²) in [5, 5.41) is 16.3. The maximum absolute atomic E-state index is 14.6. The molecule has 0 aliphatic rings. The molecular formula is C23H18FN7O2. The minimum absolute atomic E-state index is 0.0137. The van der Waals surface area contributed by atoms with Gasteiger partial charge in [0.05, 0.1) is 40.4 Å². The third-order valence-electron chi connectivity index (χ3n) is 5.13. The van der Waals surface area contributed by atoms with Gasteiger partial charge in [-0.2, -0.15) is 10.4 Å². The van der Waals surface area contributed by atoms with E-state index >= 15 is 0 Å². The lowest BCUT2D eigenvalue weighted by Crippen LogP contribution is -2.18. The molecule has 0 aliphatic carbocycles. The molecule has 3 N–H and O–H groups in total. The van der Waals surface area contributed by atoms with Crippen LogP contribution in [0, 0.1) is 31.0 Å². The second-order valence-electron chi connectivity index (χ2n) is 7.34. The second kappa shape index (κ2) is 8.47. The van der Waals surface area contributed by atoms with Gasteiger partial charge >= 0.3 is 0 Å². The minimum atomic E-state index is -0.831. The molecule has 0 atom stereocenters. The number of hydrogen-bond donors (Lipinski definition) is 2. The molecule has 0 radical (unpaired) electrons. The van der Waals surface area contributed by atoms with E-state index in [1.807, 2.05) is 6.07 Å². The Morgan fingerprint density at radius 2 is 1.94 bits per heavy atom. The molecule has 0 saturated heterocycles. The molecule has 3 heterocycles. The number of aryl methyl sites for hydroxylation is 1. The smallest absolute Gasteiger partial charge is 0.267 e. The van der Waals surface area contributed by atoms with Crippen molar-refractivity contribution in [2.75, 3.05) is 5.32 Å². The number of halogens is 1. The summed E-state index contributed by atoms with van der Waals surface area (Å²) in [4.78, 5) is 33.1. The fraction of sp³-hybridized carbons (Fsp3) is 0.130. The van der Waals surface area contributed by atoms with Crippen molar-refractivity contribution < 1.29 is 14.0 Å². The molecule has 0 aliphatic heterocycles. The average Bonchev–Trinajstić information content (AvgIpc) is 3.05. The van der Waals surface area contributed by atoms with Gasteiger partial charge in [0.15, 0.2) is 0 Å². The molecule has 164 valence electrons. The lowest BCUT2D eigenvalue weighted by Gasteiger charge is -2.11. The van der Waals surface area contributed by atoms with Crippen molar-refractivity contribution in [2.45, 2.75) is 20.4 Å². The van der Waals surface area contributed by atoms with Gasteiger partial charge in [0.1, 0.15) is 23.3 Å². The van der Waals surface area contributed by atoms with Gasteiger partial charge in [0.2, 0.25) is 0 Å². The van der Waals surface area contributed by atoms with Crippen molar-refractivity contribution >= 4 is 28.4 Å². The maximum Gasteiger partial charge on any atom is 0.267 e. The first-order valence-electron chi connectivity index (χ1n) is 9.89. The van der Waals surface area contributed by atoms with Crippen LogP contribution in [0.5, 0.6) is 0 Å². The highest BCUT2D eigenvalue weighted by Gasteiger charge is 2.21. The number of primary amides is 1. The van der Waals surface area contributed by atoms with Crippen LogP contribution in [0.1, 0.15) is 43.6 Å². The van der Waals surface area contributed by atoms with Gasteiger partial charge in [-0.25, -0.2) is 14.4 Å². The van der Waals surface area contributed by atoms with E-state index in [0.29, 0.717) is 28.5 Å². The predicted molar refractivity (Wildman–Crippen MR) is 118 cm³/mol. The monoisotopic (exact) mass is 443 g/mol. The number of nitrogens with one attached hydrogen (secondary N) is 1. The highest BCUT2D eigenvalue weighted by atomic mass is 19.1. The highest BCUT2D eigenvalue weighted by Crippen LogP contribution is 2.25. The summed E-state index contributed by atoms with van der Waals surface area (Å²) >= 11 is 0. The van der Waals surface area contributed by atoms with Gasteiger partial charge in [-0.05, 0) is 44.2 Å². The zero-order chi connectivity index (χ0) is 23.7. The van der Waals surface area contributed by atoms with E-state index < -0.39 is 17.6 Å². The largest absolute Gasteiger partial charge is 0.364 e. The van der Waals surface area contributed by atoms with E-state index in [4.69, 9.17) is 11.0 Å². The Morgan fingerprint density at radius 1 is 1.18 bits per heavy atom. The summed E-state index contributed by atoms with van der Waals surface area (Å²) < 4.78 is 16.2. The van der Waals surface area contributed by atoms with Crippen LogP contribution in [0.4, 0.5) is 10.1 Å². The van der Waals surface area contributed by atoms with Crippen molar-refractivity contribution in [3.8, 4) is 6.07 Å². The van der Waals surface area contributed by atoms with Gasteiger partial charge in [0, 0.05) is 5.39 Å². The Bertz CT molecular complexity index is 1470. The van der Waals surface area contributed by atoms with E-state index in [1.54, 1.807) is 36.7 Å². The number of aromatic nitrogens is 4. The first-order chi connectivity index (χ1) is 15.8. The maximum atomic E-state index is 14.6. The van der Waals surface area contributed by atoms with E-state index in [-0.39, 0.29) is 28.7 Å². The normalized spacial score (nSPS) is 10.7. The lowest BCUT2D eigenvalue weighted by molar-refractivity contribution is 0.0996. The molecular weight excluding hydrogens is 425 g/mol. The molecule has 33 heavy (non-hydrogen) atoms. The molecule has 0 spiro atoms. The fourth-order valence-corrected chi connectivity index (χ4v) is 3.54. The average molecular weight is 443 g/mol. The molecule has 3 aromatic heterocycles. The Balaban J connectivity index is 1.71. The van der Waals surface area contributed by atoms with Gasteiger partial charge in [-0.3, -0.25) is 14.3 Å². The van der Waals surface area contributed by atoms with Crippen LogP contribution in [0.25, 0.3) is 10.9 Å². The third kappa shape index (κ3) is 4.12. The van der Waals surface area contributed by atoms with Gasteiger partial charge < -0.3 is 11.1 Å². The second-order valence-corrected chi connectivity index (χ2v) is 7.34.